The van der Waals surface area contributed by atoms with Crippen LogP contribution in [0, 0.1) is 17.5 Å². The van der Waals surface area contributed by atoms with Gasteiger partial charge in [0, 0.05) is 23.9 Å². The first kappa shape index (κ1) is 17.7. The third-order valence-electron chi connectivity index (χ3n) is 5.37. The minimum Gasteiger partial charge on any atom is -0.349 e. The van der Waals surface area contributed by atoms with E-state index in [1.165, 1.54) is 24.3 Å². The lowest BCUT2D eigenvalue weighted by molar-refractivity contribution is 0.560. The molecule has 0 aliphatic carbocycles. The molecule has 5 rings (SSSR count). The average Bonchev–Trinajstić information content (AvgIpc) is 3.37. The Balaban J connectivity index is 1.57. The van der Waals surface area contributed by atoms with Crippen LogP contribution in [0.25, 0.3) is 16.8 Å². The van der Waals surface area contributed by atoms with Crippen molar-refractivity contribution in [2.24, 2.45) is 0 Å². The van der Waals surface area contributed by atoms with E-state index in [0.29, 0.717) is 23.6 Å². The Kier molecular flexibility index (Phi) is 4.23. The monoisotopic (exact) mass is 394 g/mol. The van der Waals surface area contributed by atoms with Crippen LogP contribution < -0.4 is 4.90 Å². The van der Waals surface area contributed by atoms with E-state index in [0.717, 1.165) is 30.0 Å². The predicted octanol–water partition coefficient (Wildman–Crippen LogP) is 5.16. The second-order valence-electron chi connectivity index (χ2n) is 7.14. The number of anilines is 1. The van der Waals surface area contributed by atoms with E-state index in [-0.39, 0.29) is 11.9 Å². The third kappa shape index (κ3) is 3.12. The molecule has 7 heteroatoms. The van der Waals surface area contributed by atoms with Crippen molar-refractivity contribution in [2.45, 2.75) is 18.9 Å². The summed E-state index contributed by atoms with van der Waals surface area (Å²) in [5.74, 6) is -0.504. The minimum absolute atomic E-state index is 0.280. The highest BCUT2D eigenvalue weighted by atomic mass is 19.1. The Hall–Kier alpha value is -3.35. The van der Waals surface area contributed by atoms with Crippen molar-refractivity contribution in [3.05, 3.63) is 83.9 Å². The van der Waals surface area contributed by atoms with E-state index < -0.39 is 11.6 Å². The predicted molar refractivity (Wildman–Crippen MR) is 104 cm³/mol. The van der Waals surface area contributed by atoms with Crippen molar-refractivity contribution in [3.8, 4) is 11.1 Å². The van der Waals surface area contributed by atoms with Gasteiger partial charge in [0.15, 0.2) is 5.65 Å². The Labute approximate surface area is 165 Å². The van der Waals surface area contributed by atoms with E-state index in [4.69, 9.17) is 4.98 Å². The summed E-state index contributed by atoms with van der Waals surface area (Å²) < 4.78 is 43.0. The summed E-state index contributed by atoms with van der Waals surface area (Å²) in [6.07, 6.45) is 5.06. The van der Waals surface area contributed by atoms with Crippen LogP contribution in [-0.2, 0) is 0 Å². The number of hydrogen-bond acceptors (Lipinski definition) is 3. The molecule has 0 amide bonds. The van der Waals surface area contributed by atoms with Gasteiger partial charge < -0.3 is 4.90 Å². The molecule has 1 aliphatic rings. The number of benzene rings is 2. The summed E-state index contributed by atoms with van der Waals surface area (Å²) >= 11 is 0. The van der Waals surface area contributed by atoms with E-state index in [9.17, 15) is 13.2 Å². The minimum atomic E-state index is -0.453. The Bertz CT molecular complexity index is 1190. The zero-order chi connectivity index (χ0) is 20.0. The Morgan fingerprint density at radius 1 is 0.931 bits per heavy atom. The van der Waals surface area contributed by atoms with Crippen molar-refractivity contribution in [1.29, 1.82) is 0 Å². The number of hydrogen-bond donors (Lipinski definition) is 0. The summed E-state index contributed by atoms with van der Waals surface area (Å²) in [5.41, 5.74) is 2.55. The molecular weight excluding hydrogens is 377 g/mol. The lowest BCUT2D eigenvalue weighted by Gasteiger charge is -2.26. The molecule has 0 radical (unpaired) electrons. The largest absolute Gasteiger partial charge is 0.349 e. The highest BCUT2D eigenvalue weighted by Crippen LogP contribution is 2.37. The highest BCUT2D eigenvalue weighted by molar-refractivity contribution is 5.77. The molecule has 1 fully saturated rings. The van der Waals surface area contributed by atoms with Crippen LogP contribution in [0.1, 0.15) is 24.4 Å². The van der Waals surface area contributed by atoms with Gasteiger partial charge in [0.1, 0.15) is 23.3 Å². The maximum Gasteiger partial charge on any atom is 0.165 e. The number of aromatic nitrogens is 3. The maximum atomic E-state index is 14.4. The lowest BCUT2D eigenvalue weighted by Crippen LogP contribution is -2.24. The Morgan fingerprint density at radius 3 is 2.55 bits per heavy atom. The summed E-state index contributed by atoms with van der Waals surface area (Å²) in [6, 6.07) is 11.3. The lowest BCUT2D eigenvalue weighted by atomic mass is 10.0. The first-order valence-electron chi connectivity index (χ1n) is 9.42. The maximum absolute atomic E-state index is 14.4. The molecule has 29 heavy (non-hydrogen) atoms. The number of fused-ring (bicyclic) bond motifs is 1. The molecule has 4 nitrogen and oxygen atoms in total. The summed E-state index contributed by atoms with van der Waals surface area (Å²) in [5, 5.41) is 4.32. The van der Waals surface area contributed by atoms with Gasteiger partial charge in [-0.05, 0) is 54.8 Å². The topological polar surface area (TPSA) is 33.4 Å². The molecule has 3 heterocycles. The summed E-state index contributed by atoms with van der Waals surface area (Å²) in [4.78, 5) is 6.76. The average molecular weight is 394 g/mol. The molecule has 4 aromatic rings. The zero-order valence-electron chi connectivity index (χ0n) is 15.4. The van der Waals surface area contributed by atoms with Crippen LogP contribution in [-0.4, -0.2) is 21.1 Å². The van der Waals surface area contributed by atoms with Crippen molar-refractivity contribution in [2.75, 3.05) is 11.4 Å². The molecule has 0 saturated carbocycles. The molecule has 1 aliphatic heterocycles. The zero-order valence-corrected chi connectivity index (χ0v) is 15.4. The van der Waals surface area contributed by atoms with Gasteiger partial charge in [0.2, 0.25) is 0 Å². The van der Waals surface area contributed by atoms with Gasteiger partial charge in [-0.15, -0.1) is 0 Å². The number of rotatable bonds is 3. The molecule has 1 atom stereocenters. The SMILES string of the molecule is Fc1ccc(-c2cnn3ccc(N4CCC[C@@H]4c4cc(F)ccc4F)nc23)cc1. The van der Waals surface area contributed by atoms with Gasteiger partial charge in [0.05, 0.1) is 12.2 Å². The first-order chi connectivity index (χ1) is 14.1. The molecule has 1 saturated heterocycles. The second kappa shape index (κ2) is 6.92. The van der Waals surface area contributed by atoms with Crippen molar-refractivity contribution in [3.63, 3.8) is 0 Å². The summed E-state index contributed by atoms with van der Waals surface area (Å²) in [6.45, 7) is 0.698. The van der Waals surface area contributed by atoms with Crippen molar-refractivity contribution in [1.82, 2.24) is 14.6 Å². The molecule has 2 aromatic heterocycles. The summed E-state index contributed by atoms with van der Waals surface area (Å²) in [7, 11) is 0. The highest BCUT2D eigenvalue weighted by Gasteiger charge is 2.30. The molecule has 0 N–H and O–H groups in total. The fourth-order valence-corrected chi connectivity index (χ4v) is 3.99. The van der Waals surface area contributed by atoms with E-state index in [1.807, 2.05) is 11.0 Å². The standard InChI is InChI=1S/C22H17F3N4/c23-15-5-3-14(4-6-15)18-13-26-29-11-9-21(27-22(18)29)28-10-1-2-20(28)17-12-16(24)7-8-19(17)25/h3-9,11-13,20H,1-2,10H2/t20-/m1/s1. The van der Waals surface area contributed by atoms with Crippen LogP contribution in [0.3, 0.4) is 0 Å². The van der Waals surface area contributed by atoms with Crippen molar-refractivity contribution < 1.29 is 13.2 Å². The molecule has 0 spiro atoms. The molecule has 146 valence electrons. The molecule has 0 bridgehead atoms. The van der Waals surface area contributed by atoms with Crippen LogP contribution in [0.2, 0.25) is 0 Å². The van der Waals surface area contributed by atoms with Crippen LogP contribution in [0.4, 0.5) is 19.0 Å². The number of halogens is 3. The van der Waals surface area contributed by atoms with E-state index in [2.05, 4.69) is 5.10 Å². The van der Waals surface area contributed by atoms with E-state index >= 15 is 0 Å². The molecule has 0 unspecified atom stereocenters. The van der Waals surface area contributed by atoms with Crippen LogP contribution in [0.5, 0.6) is 0 Å². The quantitative estimate of drug-likeness (QED) is 0.482. The van der Waals surface area contributed by atoms with Gasteiger partial charge in [-0.2, -0.15) is 5.10 Å². The normalized spacial score (nSPS) is 16.7. The fourth-order valence-electron chi connectivity index (χ4n) is 3.99. The number of nitrogens with zero attached hydrogens (tertiary/aromatic N) is 4. The second-order valence-corrected chi connectivity index (χ2v) is 7.14. The van der Waals surface area contributed by atoms with Crippen LogP contribution >= 0.6 is 0 Å². The van der Waals surface area contributed by atoms with Gasteiger partial charge in [-0.25, -0.2) is 22.7 Å². The Morgan fingerprint density at radius 2 is 1.72 bits per heavy atom. The van der Waals surface area contributed by atoms with Gasteiger partial charge in [-0.1, -0.05) is 12.1 Å². The molecule has 2 aromatic carbocycles. The van der Waals surface area contributed by atoms with Gasteiger partial charge in [-0.3, -0.25) is 0 Å². The van der Waals surface area contributed by atoms with Gasteiger partial charge >= 0.3 is 0 Å². The molecular formula is C22H17F3N4. The fraction of sp³-hybridized carbons (Fsp3) is 0.182. The smallest absolute Gasteiger partial charge is 0.165 e. The van der Waals surface area contributed by atoms with E-state index in [1.54, 1.807) is 29.0 Å². The van der Waals surface area contributed by atoms with Gasteiger partial charge in [0.25, 0.3) is 0 Å². The van der Waals surface area contributed by atoms with Crippen LogP contribution in [0.15, 0.2) is 60.9 Å². The first-order valence-corrected chi connectivity index (χ1v) is 9.42. The third-order valence-corrected chi connectivity index (χ3v) is 5.37. The van der Waals surface area contributed by atoms with Crippen molar-refractivity contribution >= 4 is 11.5 Å².